The number of thiophene rings is 1. The molecule has 0 fully saturated rings. The molecule has 2 heterocycles. The summed E-state index contributed by atoms with van der Waals surface area (Å²) in [4.78, 5) is 4.61. The molecule has 0 N–H and O–H groups in total. The Hall–Kier alpha value is -2.97. The van der Waals surface area contributed by atoms with E-state index in [1.807, 2.05) is 26.0 Å². The van der Waals surface area contributed by atoms with Gasteiger partial charge < -0.3 is 0 Å². The summed E-state index contributed by atoms with van der Waals surface area (Å²) in [6.07, 6.45) is 0.334. The number of pyridine rings is 1. The minimum absolute atomic E-state index is 0.112. The molecule has 0 unspecified atom stereocenters. The highest BCUT2D eigenvalue weighted by Crippen LogP contribution is 2.40. The fourth-order valence-corrected chi connectivity index (χ4v) is 5.02. The van der Waals surface area contributed by atoms with Crippen molar-refractivity contribution in [2.45, 2.75) is 20.2 Å². The van der Waals surface area contributed by atoms with Crippen molar-refractivity contribution < 1.29 is 2.74 Å². The SMILES string of the molecule is [2H]C([2H])(c1ccnc(-c2cccc3c2sc2ccc(-c4ccccc4)cc23)c1)C(C)C. The quantitative estimate of drug-likeness (QED) is 0.300. The Labute approximate surface area is 178 Å². The summed E-state index contributed by atoms with van der Waals surface area (Å²) in [5, 5.41) is 2.46. The van der Waals surface area contributed by atoms with Crippen molar-refractivity contribution in [2.24, 2.45) is 5.92 Å². The van der Waals surface area contributed by atoms with E-state index in [0.29, 0.717) is 5.56 Å². The monoisotopic (exact) mass is 395 g/mol. The lowest BCUT2D eigenvalue weighted by Crippen LogP contribution is -1.95. The van der Waals surface area contributed by atoms with E-state index in [1.165, 1.54) is 31.3 Å². The van der Waals surface area contributed by atoms with Crippen molar-refractivity contribution in [3.8, 4) is 22.4 Å². The summed E-state index contributed by atoms with van der Waals surface area (Å²) in [7, 11) is 0. The molecule has 0 aliphatic carbocycles. The molecule has 5 rings (SSSR count). The molecule has 3 aromatic carbocycles. The third-order valence-electron chi connectivity index (χ3n) is 5.10. The molecule has 2 aromatic heterocycles. The molecule has 0 amide bonds. The first kappa shape index (κ1) is 15.9. The van der Waals surface area contributed by atoms with Gasteiger partial charge in [-0.15, -0.1) is 11.3 Å². The predicted molar refractivity (Wildman–Crippen MR) is 127 cm³/mol. The van der Waals surface area contributed by atoms with Crippen molar-refractivity contribution >= 4 is 31.5 Å². The standard InChI is InChI=1S/C27H23NS/c1-18(2)15-19-13-14-28-25(16-19)23-10-6-9-22-24-17-21(20-7-4-3-5-8-20)11-12-26(24)29-27(22)23/h3-14,16-18H,15H2,1-2H3/i15D2. The Morgan fingerprint density at radius 3 is 2.55 bits per heavy atom. The van der Waals surface area contributed by atoms with Gasteiger partial charge in [0.2, 0.25) is 0 Å². The second-order valence-electron chi connectivity index (χ2n) is 7.59. The minimum atomic E-state index is -1.39. The highest BCUT2D eigenvalue weighted by molar-refractivity contribution is 7.26. The molecular formula is C27H23NS. The van der Waals surface area contributed by atoms with Crippen LogP contribution in [0.25, 0.3) is 42.6 Å². The van der Waals surface area contributed by atoms with E-state index in [9.17, 15) is 0 Å². The van der Waals surface area contributed by atoms with Crippen molar-refractivity contribution in [3.05, 3.63) is 90.6 Å². The molecule has 1 nitrogen and oxygen atoms in total. The number of rotatable bonds is 4. The van der Waals surface area contributed by atoms with Crippen LogP contribution < -0.4 is 0 Å². The van der Waals surface area contributed by atoms with Crippen molar-refractivity contribution in [1.82, 2.24) is 4.98 Å². The largest absolute Gasteiger partial charge is 0.256 e. The number of benzene rings is 3. The van der Waals surface area contributed by atoms with Gasteiger partial charge in [0.25, 0.3) is 0 Å². The average Bonchev–Trinajstić information content (AvgIpc) is 3.17. The second kappa shape index (κ2) is 7.46. The van der Waals surface area contributed by atoms with Gasteiger partial charge in [-0.25, -0.2) is 0 Å². The van der Waals surface area contributed by atoms with Gasteiger partial charge in [-0.2, -0.15) is 0 Å². The van der Waals surface area contributed by atoms with Crippen LogP contribution in [0, 0.1) is 5.92 Å². The third-order valence-corrected chi connectivity index (χ3v) is 6.32. The van der Waals surface area contributed by atoms with E-state index in [0.717, 1.165) is 11.3 Å². The van der Waals surface area contributed by atoms with Crippen LogP contribution >= 0.6 is 11.3 Å². The number of aromatic nitrogens is 1. The highest BCUT2D eigenvalue weighted by Gasteiger charge is 2.12. The third kappa shape index (κ3) is 3.45. The van der Waals surface area contributed by atoms with Gasteiger partial charge in [0.05, 0.1) is 5.69 Å². The Kier molecular flexibility index (Phi) is 4.09. The van der Waals surface area contributed by atoms with Crippen LogP contribution in [0.4, 0.5) is 0 Å². The summed E-state index contributed by atoms with van der Waals surface area (Å²) in [5.74, 6) is -0.112. The first-order valence-electron chi connectivity index (χ1n) is 10.9. The molecule has 0 bridgehead atoms. The zero-order chi connectivity index (χ0) is 21.6. The molecular weight excluding hydrogens is 370 g/mol. The van der Waals surface area contributed by atoms with Gasteiger partial charge in [0.15, 0.2) is 0 Å². The van der Waals surface area contributed by atoms with Gasteiger partial charge >= 0.3 is 0 Å². The van der Waals surface area contributed by atoms with Crippen LogP contribution in [-0.2, 0) is 6.37 Å². The van der Waals surface area contributed by atoms with Crippen LogP contribution in [0.5, 0.6) is 0 Å². The van der Waals surface area contributed by atoms with Gasteiger partial charge in [-0.05, 0) is 53.2 Å². The molecule has 0 aliphatic rings. The molecule has 2 heteroatoms. The molecule has 5 aromatic rings. The first-order valence-corrected chi connectivity index (χ1v) is 10.7. The lowest BCUT2D eigenvalue weighted by molar-refractivity contribution is 0.647. The number of hydrogen-bond acceptors (Lipinski definition) is 2. The molecule has 0 saturated heterocycles. The fraction of sp³-hybridized carbons (Fsp3) is 0.148. The van der Waals surface area contributed by atoms with E-state index in [-0.39, 0.29) is 5.92 Å². The molecule has 0 atom stereocenters. The van der Waals surface area contributed by atoms with Crippen molar-refractivity contribution in [1.29, 1.82) is 0 Å². The maximum absolute atomic E-state index is 8.48. The van der Waals surface area contributed by atoms with E-state index in [2.05, 4.69) is 65.6 Å². The van der Waals surface area contributed by atoms with Crippen molar-refractivity contribution in [3.63, 3.8) is 0 Å². The van der Waals surface area contributed by atoms with E-state index < -0.39 is 6.37 Å². The summed E-state index contributed by atoms with van der Waals surface area (Å²) in [6.45, 7) is 3.83. The van der Waals surface area contributed by atoms with Gasteiger partial charge in [0.1, 0.15) is 0 Å². The Bertz CT molecular complexity index is 1390. The van der Waals surface area contributed by atoms with Crippen LogP contribution in [0.1, 0.15) is 22.2 Å². The molecule has 142 valence electrons. The number of fused-ring (bicyclic) bond motifs is 3. The molecule has 0 aliphatic heterocycles. The summed E-state index contributed by atoms with van der Waals surface area (Å²) in [6, 6.07) is 27.1. The molecule has 29 heavy (non-hydrogen) atoms. The topological polar surface area (TPSA) is 12.9 Å². The van der Waals surface area contributed by atoms with Crippen LogP contribution in [0.15, 0.2) is 85.1 Å². The molecule has 0 saturated carbocycles. The number of nitrogens with zero attached hydrogens (tertiary/aromatic N) is 1. The normalized spacial score (nSPS) is 13.1. The Morgan fingerprint density at radius 1 is 0.862 bits per heavy atom. The van der Waals surface area contributed by atoms with Gasteiger partial charge in [0, 0.05) is 34.7 Å². The zero-order valence-electron chi connectivity index (χ0n) is 18.5. The highest BCUT2D eigenvalue weighted by atomic mass is 32.1. The van der Waals surface area contributed by atoms with Crippen LogP contribution in [0.3, 0.4) is 0 Å². The Balaban J connectivity index is 1.68. The van der Waals surface area contributed by atoms with Crippen LogP contribution in [-0.4, -0.2) is 4.98 Å². The molecule has 0 spiro atoms. The van der Waals surface area contributed by atoms with E-state index in [1.54, 1.807) is 23.6 Å². The van der Waals surface area contributed by atoms with Crippen LogP contribution in [0.2, 0.25) is 0 Å². The lowest BCUT2D eigenvalue weighted by atomic mass is 10.00. The zero-order valence-corrected chi connectivity index (χ0v) is 17.3. The fourth-order valence-electron chi connectivity index (χ4n) is 3.81. The average molecular weight is 396 g/mol. The summed E-state index contributed by atoms with van der Waals surface area (Å²) < 4.78 is 19.4. The van der Waals surface area contributed by atoms with Gasteiger partial charge in [-0.3, -0.25) is 4.98 Å². The summed E-state index contributed by atoms with van der Waals surface area (Å²) >= 11 is 1.77. The predicted octanol–water partition coefficient (Wildman–Crippen LogP) is 7.98. The molecule has 0 radical (unpaired) electrons. The van der Waals surface area contributed by atoms with Crippen molar-refractivity contribution in [2.75, 3.05) is 0 Å². The minimum Gasteiger partial charge on any atom is -0.256 e. The smallest absolute Gasteiger partial charge is 0.0719 e. The first-order chi connectivity index (χ1) is 14.9. The van der Waals surface area contributed by atoms with E-state index >= 15 is 0 Å². The maximum atomic E-state index is 8.48. The maximum Gasteiger partial charge on any atom is 0.0719 e. The lowest BCUT2D eigenvalue weighted by Gasteiger charge is -2.08. The number of hydrogen-bond donors (Lipinski definition) is 0. The van der Waals surface area contributed by atoms with E-state index in [4.69, 9.17) is 2.74 Å². The van der Waals surface area contributed by atoms with Gasteiger partial charge in [-0.1, -0.05) is 68.4 Å². The Morgan fingerprint density at radius 2 is 1.72 bits per heavy atom. The summed E-state index contributed by atoms with van der Waals surface area (Å²) in [5.41, 5.74) is 4.98. The second-order valence-corrected chi connectivity index (χ2v) is 8.64.